The summed E-state index contributed by atoms with van der Waals surface area (Å²) in [4.78, 5) is 15.1. The molecule has 0 spiro atoms. The summed E-state index contributed by atoms with van der Waals surface area (Å²) in [6, 6.07) is 16.5. The van der Waals surface area contributed by atoms with Crippen LogP contribution < -0.4 is 10.9 Å². The minimum absolute atomic E-state index is 0.00950. The molecule has 0 aliphatic rings. The van der Waals surface area contributed by atoms with Crippen LogP contribution in [0.25, 0.3) is 10.9 Å². The molecule has 0 aliphatic heterocycles. The Morgan fingerprint density at radius 2 is 1.83 bits per heavy atom. The van der Waals surface area contributed by atoms with Crippen LogP contribution in [0.5, 0.6) is 0 Å². The van der Waals surface area contributed by atoms with Crippen molar-refractivity contribution in [1.29, 1.82) is 0 Å². The van der Waals surface area contributed by atoms with Gasteiger partial charge < -0.3 is 10.3 Å². The minimum Gasteiger partial charge on any atom is -0.322 e. The Balaban J connectivity index is 1.66. The second-order valence-corrected chi connectivity index (χ2v) is 6.07. The van der Waals surface area contributed by atoms with E-state index in [-0.39, 0.29) is 5.56 Å². The standard InChI is InChI=1S/C20H22N2O/c1-14-7-8-19-17(11-14)12-18(20(23)22-19)13-21-10-9-16-6-4-3-5-15(16)2/h3-8,11-12,21H,9-10,13H2,1-2H3,(H,22,23). The van der Waals surface area contributed by atoms with E-state index in [9.17, 15) is 4.79 Å². The Hall–Kier alpha value is -2.39. The third-order valence-electron chi connectivity index (χ3n) is 4.22. The van der Waals surface area contributed by atoms with E-state index in [0.717, 1.165) is 29.4 Å². The van der Waals surface area contributed by atoms with Crippen LogP contribution in [0.15, 0.2) is 53.3 Å². The lowest BCUT2D eigenvalue weighted by Crippen LogP contribution is -2.23. The summed E-state index contributed by atoms with van der Waals surface area (Å²) in [5.41, 5.74) is 5.53. The molecule has 0 bridgehead atoms. The SMILES string of the molecule is Cc1ccc2[nH]c(=O)c(CNCCc3ccccc3C)cc2c1. The van der Waals surface area contributed by atoms with Gasteiger partial charge in [0.1, 0.15) is 0 Å². The maximum Gasteiger partial charge on any atom is 0.252 e. The number of hydrogen-bond donors (Lipinski definition) is 2. The van der Waals surface area contributed by atoms with Gasteiger partial charge >= 0.3 is 0 Å². The average Bonchev–Trinajstić information content (AvgIpc) is 2.54. The summed E-state index contributed by atoms with van der Waals surface area (Å²) < 4.78 is 0. The number of aromatic nitrogens is 1. The van der Waals surface area contributed by atoms with Crippen LogP contribution in [0.4, 0.5) is 0 Å². The molecule has 0 amide bonds. The van der Waals surface area contributed by atoms with E-state index in [4.69, 9.17) is 0 Å². The van der Waals surface area contributed by atoms with Gasteiger partial charge in [0.2, 0.25) is 0 Å². The van der Waals surface area contributed by atoms with Crippen molar-refractivity contribution in [2.45, 2.75) is 26.8 Å². The molecule has 1 aromatic heterocycles. The van der Waals surface area contributed by atoms with Crippen LogP contribution in [0, 0.1) is 13.8 Å². The highest BCUT2D eigenvalue weighted by atomic mass is 16.1. The first-order valence-electron chi connectivity index (χ1n) is 8.01. The van der Waals surface area contributed by atoms with Gasteiger partial charge in [-0.1, -0.05) is 35.9 Å². The molecule has 0 atom stereocenters. The molecule has 2 aromatic carbocycles. The number of H-pyrrole nitrogens is 1. The van der Waals surface area contributed by atoms with Crippen LogP contribution in [-0.4, -0.2) is 11.5 Å². The zero-order valence-electron chi connectivity index (χ0n) is 13.6. The van der Waals surface area contributed by atoms with Crippen molar-refractivity contribution in [2.75, 3.05) is 6.54 Å². The molecule has 3 rings (SSSR count). The average molecular weight is 306 g/mol. The number of hydrogen-bond acceptors (Lipinski definition) is 2. The molecule has 0 unspecified atom stereocenters. The quantitative estimate of drug-likeness (QED) is 0.709. The first-order valence-corrected chi connectivity index (χ1v) is 8.01. The summed E-state index contributed by atoms with van der Waals surface area (Å²) in [6.07, 6.45) is 0.970. The number of aromatic amines is 1. The molecule has 3 nitrogen and oxygen atoms in total. The van der Waals surface area contributed by atoms with Crippen LogP contribution >= 0.6 is 0 Å². The van der Waals surface area contributed by atoms with Crippen molar-refractivity contribution >= 4 is 10.9 Å². The van der Waals surface area contributed by atoms with E-state index >= 15 is 0 Å². The highest BCUT2D eigenvalue weighted by Gasteiger charge is 2.03. The second kappa shape index (κ2) is 6.80. The smallest absolute Gasteiger partial charge is 0.252 e. The Morgan fingerprint density at radius 1 is 1.00 bits per heavy atom. The number of rotatable bonds is 5. The van der Waals surface area contributed by atoms with E-state index in [1.165, 1.54) is 16.7 Å². The first kappa shape index (κ1) is 15.5. The van der Waals surface area contributed by atoms with Gasteiger partial charge in [-0.15, -0.1) is 0 Å². The maximum atomic E-state index is 12.1. The van der Waals surface area contributed by atoms with Gasteiger partial charge in [-0.05, 0) is 61.5 Å². The Labute approximate surface area is 136 Å². The van der Waals surface area contributed by atoms with Gasteiger partial charge in [0.15, 0.2) is 0 Å². The topological polar surface area (TPSA) is 44.9 Å². The lowest BCUT2D eigenvalue weighted by Gasteiger charge is -2.08. The molecule has 0 aliphatic carbocycles. The van der Waals surface area contributed by atoms with E-state index < -0.39 is 0 Å². The molecular weight excluding hydrogens is 284 g/mol. The lowest BCUT2D eigenvalue weighted by molar-refractivity contribution is 0.681. The highest BCUT2D eigenvalue weighted by Crippen LogP contribution is 2.13. The predicted octanol–water partition coefficient (Wildman–Crippen LogP) is 3.48. The van der Waals surface area contributed by atoms with Crippen molar-refractivity contribution in [2.24, 2.45) is 0 Å². The van der Waals surface area contributed by atoms with Gasteiger partial charge in [0, 0.05) is 17.6 Å². The van der Waals surface area contributed by atoms with Crippen molar-refractivity contribution in [3.63, 3.8) is 0 Å². The summed E-state index contributed by atoms with van der Waals surface area (Å²) in [6.45, 7) is 5.64. The maximum absolute atomic E-state index is 12.1. The highest BCUT2D eigenvalue weighted by molar-refractivity contribution is 5.79. The molecule has 0 saturated carbocycles. The molecule has 3 heteroatoms. The predicted molar refractivity (Wildman–Crippen MR) is 95.9 cm³/mol. The number of nitrogens with one attached hydrogen (secondary N) is 2. The number of aryl methyl sites for hydroxylation is 2. The summed E-state index contributed by atoms with van der Waals surface area (Å²) in [5.74, 6) is 0. The Kier molecular flexibility index (Phi) is 4.58. The fourth-order valence-corrected chi connectivity index (χ4v) is 2.84. The van der Waals surface area contributed by atoms with Crippen LogP contribution in [0.2, 0.25) is 0 Å². The summed E-state index contributed by atoms with van der Waals surface area (Å²) >= 11 is 0. The molecule has 23 heavy (non-hydrogen) atoms. The molecular formula is C20H22N2O. The molecule has 0 fully saturated rings. The molecule has 0 saturated heterocycles. The van der Waals surface area contributed by atoms with Gasteiger partial charge in [-0.25, -0.2) is 0 Å². The molecule has 118 valence electrons. The fourth-order valence-electron chi connectivity index (χ4n) is 2.84. The molecule has 0 radical (unpaired) electrons. The molecule has 1 heterocycles. The van der Waals surface area contributed by atoms with Crippen molar-refractivity contribution in [3.05, 3.63) is 81.1 Å². The third kappa shape index (κ3) is 3.69. The molecule has 2 N–H and O–H groups in total. The Morgan fingerprint density at radius 3 is 2.65 bits per heavy atom. The van der Waals surface area contributed by atoms with Crippen molar-refractivity contribution in [1.82, 2.24) is 10.3 Å². The van der Waals surface area contributed by atoms with Gasteiger partial charge in [-0.2, -0.15) is 0 Å². The van der Waals surface area contributed by atoms with Gasteiger partial charge in [0.25, 0.3) is 5.56 Å². The van der Waals surface area contributed by atoms with Crippen LogP contribution in [-0.2, 0) is 13.0 Å². The third-order valence-corrected chi connectivity index (χ3v) is 4.22. The van der Waals surface area contributed by atoms with E-state index in [1.807, 2.05) is 18.2 Å². The van der Waals surface area contributed by atoms with E-state index in [2.05, 4.69) is 54.5 Å². The van der Waals surface area contributed by atoms with Gasteiger partial charge in [0.05, 0.1) is 0 Å². The summed E-state index contributed by atoms with van der Waals surface area (Å²) in [5, 5.41) is 4.46. The number of pyridine rings is 1. The molecule has 3 aromatic rings. The lowest BCUT2D eigenvalue weighted by atomic mass is 10.1. The van der Waals surface area contributed by atoms with Crippen molar-refractivity contribution in [3.8, 4) is 0 Å². The number of benzene rings is 2. The number of fused-ring (bicyclic) bond motifs is 1. The zero-order valence-corrected chi connectivity index (χ0v) is 13.6. The normalized spacial score (nSPS) is 11.0. The zero-order chi connectivity index (χ0) is 16.2. The second-order valence-electron chi connectivity index (χ2n) is 6.07. The first-order chi connectivity index (χ1) is 11.1. The largest absolute Gasteiger partial charge is 0.322 e. The Bertz CT molecular complexity index is 880. The van der Waals surface area contributed by atoms with Crippen LogP contribution in [0.3, 0.4) is 0 Å². The summed E-state index contributed by atoms with van der Waals surface area (Å²) in [7, 11) is 0. The fraction of sp³-hybridized carbons (Fsp3) is 0.250. The van der Waals surface area contributed by atoms with Crippen molar-refractivity contribution < 1.29 is 0 Å². The van der Waals surface area contributed by atoms with E-state index in [0.29, 0.717) is 6.54 Å². The van der Waals surface area contributed by atoms with E-state index in [1.54, 1.807) is 0 Å². The monoisotopic (exact) mass is 306 g/mol. The van der Waals surface area contributed by atoms with Crippen LogP contribution in [0.1, 0.15) is 22.3 Å². The minimum atomic E-state index is -0.00950. The van der Waals surface area contributed by atoms with Gasteiger partial charge in [-0.3, -0.25) is 4.79 Å².